The molecule has 1 aromatic rings. The highest BCUT2D eigenvalue weighted by Gasteiger charge is 2.35. The van der Waals surface area contributed by atoms with E-state index in [4.69, 9.17) is 11.6 Å². The molecule has 2 unspecified atom stereocenters. The van der Waals surface area contributed by atoms with E-state index in [1.165, 1.54) is 0 Å². The normalized spacial score (nSPS) is 16.4. The summed E-state index contributed by atoms with van der Waals surface area (Å²) in [5.41, 5.74) is 2.28. The Morgan fingerprint density at radius 2 is 1.93 bits per heavy atom. The topological polar surface area (TPSA) is 78.5 Å². The molecular weight excluding hydrogens is 366 g/mol. The van der Waals surface area contributed by atoms with E-state index < -0.39 is 6.04 Å². The Balaban J connectivity index is 2.24. The summed E-state index contributed by atoms with van der Waals surface area (Å²) in [7, 11) is 0. The molecule has 0 aromatic heterocycles. The number of benzene rings is 1. The third kappa shape index (κ3) is 4.69. The van der Waals surface area contributed by atoms with Crippen LogP contribution in [0.1, 0.15) is 47.5 Å². The highest BCUT2D eigenvalue weighted by Crippen LogP contribution is 2.33. The van der Waals surface area contributed by atoms with Gasteiger partial charge in [-0.1, -0.05) is 24.1 Å². The largest absolute Gasteiger partial charge is 0.373 e. The lowest BCUT2D eigenvalue weighted by Gasteiger charge is -2.21. The third-order valence-electron chi connectivity index (χ3n) is 4.62. The number of carbonyl (C=O) groups excluding carboxylic acids is 3. The lowest BCUT2D eigenvalue weighted by molar-refractivity contribution is -0.122. The minimum absolute atomic E-state index is 0.0749. The molecule has 2 atom stereocenters. The summed E-state index contributed by atoms with van der Waals surface area (Å²) in [4.78, 5) is 38.3. The van der Waals surface area contributed by atoms with Crippen molar-refractivity contribution in [3.63, 3.8) is 0 Å². The molecule has 0 radical (unpaired) electrons. The van der Waals surface area contributed by atoms with Gasteiger partial charge in [-0.2, -0.15) is 0 Å². The maximum atomic E-state index is 12.6. The number of carbonyl (C=O) groups is 3. The van der Waals surface area contributed by atoms with Crippen LogP contribution in [0.4, 0.5) is 11.4 Å². The Morgan fingerprint density at radius 3 is 2.48 bits per heavy atom. The molecule has 1 aliphatic heterocycles. The number of amides is 3. The minimum Gasteiger partial charge on any atom is -0.373 e. The van der Waals surface area contributed by atoms with Gasteiger partial charge in [-0.15, -0.1) is 0 Å². The molecule has 27 heavy (non-hydrogen) atoms. The zero-order valence-corrected chi connectivity index (χ0v) is 17.1. The van der Waals surface area contributed by atoms with Gasteiger partial charge < -0.3 is 10.6 Å². The zero-order valence-electron chi connectivity index (χ0n) is 16.4. The minimum atomic E-state index is -0.523. The van der Waals surface area contributed by atoms with Gasteiger partial charge in [0.2, 0.25) is 11.8 Å². The van der Waals surface area contributed by atoms with Crippen LogP contribution in [0.2, 0.25) is 5.02 Å². The first kappa shape index (κ1) is 21.0. The van der Waals surface area contributed by atoms with Crippen molar-refractivity contribution in [3.05, 3.63) is 34.4 Å². The lowest BCUT2D eigenvalue weighted by atomic mass is 10.1. The SMILES string of the molecule is CCC(C)NC(=O)C(C)Nc1cc(N2C(=O)CC(=C(C)C)C2=O)ccc1Cl. The molecule has 1 aromatic carbocycles. The molecule has 2 rings (SSSR count). The van der Waals surface area contributed by atoms with Gasteiger partial charge >= 0.3 is 0 Å². The summed E-state index contributed by atoms with van der Waals surface area (Å²) in [5, 5.41) is 6.37. The first-order chi connectivity index (χ1) is 12.6. The molecule has 0 bridgehead atoms. The molecule has 6 nitrogen and oxygen atoms in total. The predicted molar refractivity (Wildman–Crippen MR) is 108 cm³/mol. The average molecular weight is 392 g/mol. The molecule has 1 aliphatic rings. The van der Waals surface area contributed by atoms with Crippen LogP contribution < -0.4 is 15.5 Å². The number of allylic oxidation sites excluding steroid dienone is 1. The van der Waals surface area contributed by atoms with Crippen molar-refractivity contribution in [2.45, 2.75) is 59.5 Å². The van der Waals surface area contributed by atoms with Gasteiger partial charge in [-0.3, -0.25) is 14.4 Å². The van der Waals surface area contributed by atoms with E-state index in [1.54, 1.807) is 25.1 Å². The van der Waals surface area contributed by atoms with Gasteiger partial charge in [0.25, 0.3) is 5.91 Å². The lowest BCUT2D eigenvalue weighted by Crippen LogP contribution is -2.41. The Morgan fingerprint density at radius 1 is 1.26 bits per heavy atom. The first-order valence-corrected chi connectivity index (χ1v) is 9.43. The molecule has 1 heterocycles. The van der Waals surface area contributed by atoms with Crippen molar-refractivity contribution in [1.29, 1.82) is 0 Å². The smallest absolute Gasteiger partial charge is 0.261 e. The molecule has 3 amide bonds. The molecule has 7 heteroatoms. The maximum Gasteiger partial charge on any atom is 0.261 e. The zero-order chi connectivity index (χ0) is 20.3. The van der Waals surface area contributed by atoms with E-state index in [0.717, 1.165) is 16.9 Å². The number of anilines is 2. The summed E-state index contributed by atoms with van der Waals surface area (Å²) in [6.45, 7) is 9.29. The summed E-state index contributed by atoms with van der Waals surface area (Å²) in [6.07, 6.45) is 0.931. The Bertz CT molecular complexity index is 800. The summed E-state index contributed by atoms with van der Waals surface area (Å²) >= 11 is 6.24. The van der Waals surface area contributed by atoms with Crippen molar-refractivity contribution < 1.29 is 14.4 Å². The molecule has 2 N–H and O–H groups in total. The van der Waals surface area contributed by atoms with E-state index in [0.29, 0.717) is 22.0 Å². The fourth-order valence-corrected chi connectivity index (χ4v) is 2.91. The molecule has 0 saturated carbocycles. The van der Waals surface area contributed by atoms with Gasteiger partial charge in [0.05, 0.1) is 22.8 Å². The average Bonchev–Trinajstić information content (AvgIpc) is 2.91. The Labute approximate surface area is 164 Å². The van der Waals surface area contributed by atoms with Gasteiger partial charge in [0, 0.05) is 11.6 Å². The van der Waals surface area contributed by atoms with Crippen molar-refractivity contribution in [2.24, 2.45) is 0 Å². The van der Waals surface area contributed by atoms with Crippen molar-refractivity contribution >= 4 is 40.7 Å². The first-order valence-electron chi connectivity index (χ1n) is 9.05. The number of hydrogen-bond donors (Lipinski definition) is 2. The van der Waals surface area contributed by atoms with Crippen LogP contribution in [0.15, 0.2) is 29.3 Å². The van der Waals surface area contributed by atoms with E-state index in [9.17, 15) is 14.4 Å². The summed E-state index contributed by atoms with van der Waals surface area (Å²) in [6, 6.07) is 4.41. The van der Waals surface area contributed by atoms with Gasteiger partial charge in [0.1, 0.15) is 6.04 Å². The number of imide groups is 1. The number of nitrogens with one attached hydrogen (secondary N) is 2. The predicted octanol–water partition coefficient (Wildman–Crippen LogP) is 3.65. The van der Waals surface area contributed by atoms with E-state index >= 15 is 0 Å². The molecule has 0 aliphatic carbocycles. The Hall–Kier alpha value is -2.34. The van der Waals surface area contributed by atoms with Gasteiger partial charge in [0.15, 0.2) is 0 Å². The van der Waals surface area contributed by atoms with Gasteiger partial charge in [-0.05, 0) is 52.3 Å². The van der Waals surface area contributed by atoms with Crippen LogP contribution in [0, 0.1) is 0 Å². The monoisotopic (exact) mass is 391 g/mol. The highest BCUT2D eigenvalue weighted by molar-refractivity contribution is 6.34. The van der Waals surface area contributed by atoms with Crippen LogP contribution in [0.25, 0.3) is 0 Å². The number of halogens is 1. The summed E-state index contributed by atoms with van der Waals surface area (Å²) in [5.74, 6) is -0.728. The van der Waals surface area contributed by atoms with Crippen LogP contribution in [0.3, 0.4) is 0 Å². The van der Waals surface area contributed by atoms with Crippen molar-refractivity contribution in [1.82, 2.24) is 5.32 Å². The van der Waals surface area contributed by atoms with Crippen molar-refractivity contribution in [2.75, 3.05) is 10.2 Å². The maximum absolute atomic E-state index is 12.6. The number of nitrogens with zero attached hydrogens (tertiary/aromatic N) is 1. The fraction of sp³-hybridized carbons (Fsp3) is 0.450. The van der Waals surface area contributed by atoms with Crippen LogP contribution in [-0.2, 0) is 14.4 Å². The van der Waals surface area contributed by atoms with Crippen LogP contribution in [0.5, 0.6) is 0 Å². The molecule has 1 fully saturated rings. The molecule has 0 spiro atoms. The number of hydrogen-bond acceptors (Lipinski definition) is 4. The Kier molecular flexibility index (Phi) is 6.65. The highest BCUT2D eigenvalue weighted by atomic mass is 35.5. The molecule has 146 valence electrons. The standard InChI is InChI=1S/C20H26ClN3O3/c1-6-12(4)22-19(26)13(5)23-17-9-14(7-8-16(17)21)24-18(25)10-15(11(2)3)20(24)27/h7-9,12-13,23H,6,10H2,1-5H3,(H,22,26). The van der Waals surface area contributed by atoms with Gasteiger partial charge in [-0.25, -0.2) is 4.90 Å². The van der Waals surface area contributed by atoms with Crippen LogP contribution >= 0.6 is 11.6 Å². The van der Waals surface area contributed by atoms with E-state index in [1.807, 2.05) is 27.7 Å². The fourth-order valence-electron chi connectivity index (χ4n) is 2.74. The van der Waals surface area contributed by atoms with E-state index in [2.05, 4.69) is 10.6 Å². The second-order valence-electron chi connectivity index (χ2n) is 7.04. The quantitative estimate of drug-likeness (QED) is 0.573. The second kappa shape index (κ2) is 8.57. The molecule has 1 saturated heterocycles. The van der Waals surface area contributed by atoms with Crippen LogP contribution in [-0.4, -0.2) is 29.8 Å². The van der Waals surface area contributed by atoms with E-state index in [-0.39, 0.29) is 30.2 Å². The molecular formula is C20H26ClN3O3. The van der Waals surface area contributed by atoms with Crippen molar-refractivity contribution in [3.8, 4) is 0 Å². The third-order valence-corrected chi connectivity index (χ3v) is 4.95. The number of rotatable bonds is 6. The second-order valence-corrected chi connectivity index (χ2v) is 7.44. The summed E-state index contributed by atoms with van der Waals surface area (Å²) < 4.78 is 0.